The molecule has 0 radical (unpaired) electrons. The number of hydrogen-bond donors (Lipinski definition) is 4. The van der Waals surface area contributed by atoms with E-state index < -0.39 is 43.4 Å². The van der Waals surface area contributed by atoms with Gasteiger partial charge < -0.3 is 16.0 Å². The lowest BCUT2D eigenvalue weighted by molar-refractivity contribution is -0.137. The summed E-state index contributed by atoms with van der Waals surface area (Å²) >= 11 is 13.2. The Kier molecular flexibility index (Phi) is 12.2. The zero-order valence-electron chi connectivity index (χ0n) is 26.2. The fraction of sp³-hybridized carbons (Fsp3) is 0.161. The molecule has 0 amide bonds. The van der Waals surface area contributed by atoms with Crippen LogP contribution in [0.5, 0.6) is 0 Å². The third-order valence-corrected chi connectivity index (χ3v) is 13.0. The third kappa shape index (κ3) is 9.98. The molecule has 5 N–H and O–H groups in total. The van der Waals surface area contributed by atoms with Crippen LogP contribution in [0.3, 0.4) is 0 Å². The molecule has 0 saturated carbocycles. The Labute approximate surface area is 312 Å². The minimum Gasteiger partial charge on any atom is -0.399 e. The quantitative estimate of drug-likeness (QED) is 0.0583. The van der Waals surface area contributed by atoms with Crippen molar-refractivity contribution in [2.75, 3.05) is 41.5 Å². The highest BCUT2D eigenvalue weighted by molar-refractivity contribution is 7.94. The number of halogens is 6. The lowest BCUT2D eigenvalue weighted by Gasteiger charge is -2.28. The van der Waals surface area contributed by atoms with Crippen LogP contribution < -0.4 is 20.7 Å². The second-order valence-corrected chi connectivity index (χ2v) is 17.3. The molecule has 0 spiro atoms. The molecule has 7 rings (SSSR count). The van der Waals surface area contributed by atoms with Crippen molar-refractivity contribution in [3.05, 3.63) is 101 Å². The molecule has 1 saturated heterocycles. The maximum absolute atomic E-state index is 13.6. The molecule has 1 aliphatic heterocycles. The average Bonchev–Trinajstić information content (AvgIpc) is 3.73. The van der Waals surface area contributed by atoms with Crippen LogP contribution in [-0.2, 0) is 26.3 Å². The van der Waals surface area contributed by atoms with Crippen LogP contribution in [0.25, 0.3) is 20.2 Å². The number of pyridine rings is 2. The second kappa shape index (κ2) is 16.0. The number of nitrogens with zero attached hydrogens (tertiary/aromatic N) is 3. The summed E-state index contributed by atoms with van der Waals surface area (Å²) in [4.78, 5) is 10.2. The number of nitrogens with one attached hydrogen (secondary N) is 2. The van der Waals surface area contributed by atoms with E-state index in [4.69, 9.17) is 33.5 Å². The Bertz CT molecular complexity index is 2400. The Morgan fingerprint density at radius 3 is 2.04 bits per heavy atom. The van der Waals surface area contributed by atoms with E-state index in [0.29, 0.717) is 57.3 Å². The van der Waals surface area contributed by atoms with Crippen molar-refractivity contribution < 1.29 is 39.0 Å². The second-order valence-electron chi connectivity index (χ2n) is 10.8. The van der Waals surface area contributed by atoms with Gasteiger partial charge in [-0.25, -0.2) is 22.8 Å². The number of nitrogen functional groups attached to an aromatic ring is 1. The predicted octanol–water partition coefficient (Wildman–Crippen LogP) is 7.78. The molecule has 1 fully saturated rings. The van der Waals surface area contributed by atoms with Gasteiger partial charge in [-0.3, -0.25) is 9.27 Å². The Balaban J connectivity index is 0.000000194. The van der Waals surface area contributed by atoms with E-state index in [1.807, 2.05) is 9.62 Å². The Hall–Kier alpha value is -3.82. The average molecular weight is 838 g/mol. The first-order valence-electron chi connectivity index (χ1n) is 14.7. The Morgan fingerprint density at radius 1 is 0.846 bits per heavy atom. The van der Waals surface area contributed by atoms with Gasteiger partial charge in [0.15, 0.2) is 0 Å². The molecule has 0 atom stereocenters. The van der Waals surface area contributed by atoms with Crippen LogP contribution in [-0.4, -0.2) is 57.5 Å². The van der Waals surface area contributed by atoms with Crippen LogP contribution >= 0.6 is 45.9 Å². The first-order valence-corrected chi connectivity index (χ1v) is 20.0. The highest BCUT2D eigenvalue weighted by Crippen LogP contribution is 2.37. The molecule has 6 aromatic rings. The molecule has 0 unspecified atom stereocenters. The van der Waals surface area contributed by atoms with E-state index in [1.165, 1.54) is 18.3 Å². The van der Waals surface area contributed by atoms with Gasteiger partial charge in [0.25, 0.3) is 10.0 Å². The predicted molar refractivity (Wildman–Crippen MR) is 197 cm³/mol. The highest BCUT2D eigenvalue weighted by atomic mass is 35.5. The number of aromatic nitrogens is 2. The number of rotatable bonds is 5. The van der Waals surface area contributed by atoms with Crippen molar-refractivity contribution in [1.29, 1.82) is 0 Å². The number of alkyl halides is 3. The van der Waals surface area contributed by atoms with E-state index in [0.717, 1.165) is 46.5 Å². The zero-order valence-corrected chi connectivity index (χ0v) is 31.0. The van der Waals surface area contributed by atoms with Crippen LogP contribution in [0, 0.1) is 5.82 Å². The van der Waals surface area contributed by atoms with Gasteiger partial charge in [0.1, 0.15) is 25.2 Å². The maximum atomic E-state index is 13.6. The van der Waals surface area contributed by atoms with Crippen LogP contribution in [0.2, 0.25) is 10.2 Å². The van der Waals surface area contributed by atoms with Gasteiger partial charge >= 0.3 is 16.3 Å². The molecule has 21 heteroatoms. The molecule has 0 bridgehead atoms. The van der Waals surface area contributed by atoms with Gasteiger partial charge in [-0.05, 0) is 66.7 Å². The van der Waals surface area contributed by atoms with Crippen molar-refractivity contribution in [2.24, 2.45) is 0 Å². The minimum absolute atomic E-state index is 0.0975. The van der Waals surface area contributed by atoms with Gasteiger partial charge in [0.05, 0.1) is 11.3 Å². The Morgan fingerprint density at radius 2 is 1.44 bits per heavy atom. The van der Waals surface area contributed by atoms with Gasteiger partial charge in [-0.15, -0.1) is 22.7 Å². The summed E-state index contributed by atoms with van der Waals surface area (Å²) in [5.74, 6) is -0.541. The van der Waals surface area contributed by atoms with Crippen LogP contribution in [0.15, 0.2) is 87.5 Å². The number of thiophene rings is 2. The fourth-order valence-electron chi connectivity index (χ4n) is 4.70. The number of fused-ring (bicyclic) bond motifs is 2. The molecule has 1 aliphatic rings. The number of nitrogens with two attached hydrogens (primary N) is 1. The molecule has 276 valence electrons. The van der Waals surface area contributed by atoms with E-state index in [2.05, 4.69) is 15.3 Å². The number of benzene rings is 2. The van der Waals surface area contributed by atoms with E-state index in [-0.39, 0.29) is 13.6 Å². The largest absolute Gasteiger partial charge is 0.416 e. The maximum Gasteiger partial charge on any atom is 0.416 e. The van der Waals surface area contributed by atoms with E-state index >= 15 is 0 Å². The topological polar surface area (TPSA) is 168 Å². The number of hydrogen-bond acceptors (Lipinski definition) is 11. The zero-order chi connectivity index (χ0) is 37.8. The molecule has 0 aliphatic carbocycles. The molecular formula is C31H26Cl2F4N6O5S4. The van der Waals surface area contributed by atoms with Crippen molar-refractivity contribution in [3.8, 4) is 0 Å². The number of anilines is 3. The SMILES string of the molecule is Nc1ccc(Cl)cc1.O=S(=O)(Nc1cc(F)cc(C(F)(F)F)c1)c1cc2c(N3CCNCC3)nccc2s1.O=S(=O)(O)c1cc2c(Cl)nccc2s1. The van der Waals surface area contributed by atoms with Gasteiger partial charge in [-0.1, -0.05) is 23.2 Å². The molecule has 2 aromatic carbocycles. The lowest BCUT2D eigenvalue weighted by atomic mass is 10.2. The monoisotopic (exact) mass is 836 g/mol. The number of piperazine rings is 1. The van der Waals surface area contributed by atoms with Crippen molar-refractivity contribution >= 4 is 103 Å². The summed E-state index contributed by atoms with van der Waals surface area (Å²) in [7, 11) is -8.38. The first-order chi connectivity index (χ1) is 24.4. The number of sulfonamides is 1. The fourth-order valence-corrected chi connectivity index (χ4v) is 9.26. The van der Waals surface area contributed by atoms with E-state index in [1.54, 1.807) is 42.6 Å². The normalized spacial score (nSPS) is 13.6. The van der Waals surface area contributed by atoms with Crippen LogP contribution in [0.1, 0.15) is 5.56 Å². The summed E-state index contributed by atoms with van der Waals surface area (Å²) in [6.45, 7) is 2.98. The van der Waals surface area contributed by atoms with Crippen molar-refractivity contribution in [3.63, 3.8) is 0 Å². The van der Waals surface area contributed by atoms with Crippen LogP contribution in [0.4, 0.5) is 34.8 Å². The molecular weight excluding hydrogens is 812 g/mol. The highest BCUT2D eigenvalue weighted by Gasteiger charge is 2.32. The van der Waals surface area contributed by atoms with Gasteiger partial charge in [0.2, 0.25) is 0 Å². The molecule has 11 nitrogen and oxygen atoms in total. The summed E-state index contributed by atoms with van der Waals surface area (Å²) < 4.78 is 112. The summed E-state index contributed by atoms with van der Waals surface area (Å²) in [6, 6.07) is 14.7. The first kappa shape index (κ1) is 39.4. The van der Waals surface area contributed by atoms with Crippen molar-refractivity contribution in [1.82, 2.24) is 15.3 Å². The minimum atomic E-state index is -4.80. The molecule has 52 heavy (non-hydrogen) atoms. The molecule has 4 aromatic heterocycles. The van der Waals surface area contributed by atoms with Gasteiger partial charge in [0, 0.05) is 69.5 Å². The van der Waals surface area contributed by atoms with E-state index in [9.17, 15) is 34.4 Å². The summed E-state index contributed by atoms with van der Waals surface area (Å²) in [6.07, 6.45) is -1.74. The third-order valence-electron chi connectivity index (χ3n) is 7.06. The smallest absolute Gasteiger partial charge is 0.399 e. The summed E-state index contributed by atoms with van der Waals surface area (Å²) in [5.41, 5.74) is 4.34. The van der Waals surface area contributed by atoms with Crippen molar-refractivity contribution in [2.45, 2.75) is 14.6 Å². The summed E-state index contributed by atoms with van der Waals surface area (Å²) in [5, 5.41) is 5.35. The standard InChI is InChI=1S/C18H16F4N4O2S2.C7H4ClNO3S2.C6H6ClN/c19-12-7-11(18(20,21)22)8-13(9-12)25-30(27,28)16-10-14-15(29-16)1-2-24-17(14)26-5-3-23-4-6-26;8-7-4-3-6(14(10,11)12)13-5(4)1-2-9-7;7-5-1-3-6(8)4-2-5/h1-2,7-10,23,25H,3-6H2;1-3H,(H,10,11,12);1-4H,8H2. The van der Waals surface area contributed by atoms with Gasteiger partial charge in [-0.2, -0.15) is 21.6 Å². The lowest BCUT2D eigenvalue weighted by Crippen LogP contribution is -2.43. The molecule has 5 heterocycles.